The van der Waals surface area contributed by atoms with Gasteiger partial charge in [-0.05, 0) is 62.7 Å². The Kier molecular flexibility index (Phi) is 6.41. The molecule has 0 amide bonds. The zero-order chi connectivity index (χ0) is 16.6. The van der Waals surface area contributed by atoms with Crippen LogP contribution in [0.3, 0.4) is 0 Å². The molecule has 0 radical (unpaired) electrons. The van der Waals surface area contributed by atoms with Gasteiger partial charge in [-0.15, -0.1) is 0 Å². The maximum absolute atomic E-state index is 6.15. The number of benzene rings is 1. The van der Waals surface area contributed by atoms with Crippen LogP contribution in [0, 0.1) is 5.92 Å². The molecule has 1 saturated heterocycles. The van der Waals surface area contributed by atoms with E-state index in [1.165, 1.54) is 12.8 Å². The molecule has 0 saturated carbocycles. The topological polar surface area (TPSA) is 59.1 Å². The minimum absolute atomic E-state index is 0.351. The number of halogens is 1. The Hall–Kier alpha value is -1.69. The van der Waals surface area contributed by atoms with Gasteiger partial charge < -0.3 is 15.4 Å². The summed E-state index contributed by atoms with van der Waals surface area (Å²) in [4.78, 5) is 8.36. The van der Waals surface area contributed by atoms with Crippen LogP contribution in [0.5, 0.6) is 5.75 Å². The van der Waals surface area contributed by atoms with E-state index in [9.17, 15) is 0 Å². The number of rotatable bonds is 7. The summed E-state index contributed by atoms with van der Waals surface area (Å²) in [6.45, 7) is 4.36. The van der Waals surface area contributed by atoms with Gasteiger partial charge in [0.25, 0.3) is 0 Å². The molecule has 0 atom stereocenters. The predicted molar refractivity (Wildman–Crippen MR) is 95.1 cm³/mol. The summed E-state index contributed by atoms with van der Waals surface area (Å²) >= 11 is 6.15. The number of ether oxygens (including phenoxy) is 1. The number of nitrogens with zero attached hydrogens (tertiary/aromatic N) is 2. The van der Waals surface area contributed by atoms with Crippen molar-refractivity contribution in [1.82, 2.24) is 20.6 Å². The van der Waals surface area contributed by atoms with Gasteiger partial charge in [0.05, 0.1) is 0 Å². The fourth-order valence-corrected chi connectivity index (χ4v) is 3.07. The Morgan fingerprint density at radius 1 is 1.21 bits per heavy atom. The van der Waals surface area contributed by atoms with Gasteiger partial charge in [-0.25, -0.2) is 9.97 Å². The maximum Gasteiger partial charge on any atom is 0.166 e. The minimum atomic E-state index is 0.351. The normalized spacial score (nSPS) is 15.4. The van der Waals surface area contributed by atoms with Crippen molar-refractivity contribution in [3.05, 3.63) is 53.1 Å². The van der Waals surface area contributed by atoms with Crippen molar-refractivity contribution in [2.45, 2.75) is 26.0 Å². The first-order chi connectivity index (χ1) is 11.8. The molecule has 128 valence electrons. The zero-order valence-electron chi connectivity index (χ0n) is 13.7. The molecule has 24 heavy (non-hydrogen) atoms. The second-order valence-corrected chi connectivity index (χ2v) is 6.47. The van der Waals surface area contributed by atoms with Crippen molar-refractivity contribution < 1.29 is 4.74 Å². The van der Waals surface area contributed by atoms with E-state index in [0.717, 1.165) is 48.4 Å². The molecule has 3 rings (SSSR count). The largest absolute Gasteiger partial charge is 0.485 e. The molecule has 2 N–H and O–H groups in total. The Balaban J connectivity index is 1.56. The highest BCUT2D eigenvalue weighted by atomic mass is 35.5. The van der Waals surface area contributed by atoms with Gasteiger partial charge >= 0.3 is 0 Å². The van der Waals surface area contributed by atoms with E-state index in [1.807, 2.05) is 18.2 Å². The lowest BCUT2D eigenvalue weighted by Crippen LogP contribution is -2.33. The molecular formula is C18H23ClN4O. The van der Waals surface area contributed by atoms with Crippen LogP contribution in [0.1, 0.15) is 24.2 Å². The van der Waals surface area contributed by atoms with E-state index in [1.54, 1.807) is 18.5 Å². The molecule has 0 unspecified atom stereocenters. The van der Waals surface area contributed by atoms with Crippen LogP contribution in [0.25, 0.3) is 0 Å². The van der Waals surface area contributed by atoms with Gasteiger partial charge in [-0.2, -0.15) is 0 Å². The Morgan fingerprint density at radius 3 is 2.79 bits per heavy atom. The predicted octanol–water partition coefficient (Wildman–Crippen LogP) is 2.80. The highest BCUT2D eigenvalue weighted by Crippen LogP contribution is 2.23. The van der Waals surface area contributed by atoms with Gasteiger partial charge in [0.2, 0.25) is 0 Å². The van der Waals surface area contributed by atoms with Gasteiger partial charge in [0.1, 0.15) is 12.4 Å². The van der Waals surface area contributed by atoms with Crippen molar-refractivity contribution in [3.8, 4) is 5.75 Å². The van der Waals surface area contributed by atoms with Crippen molar-refractivity contribution in [1.29, 1.82) is 0 Å². The Morgan fingerprint density at radius 2 is 2.00 bits per heavy atom. The summed E-state index contributed by atoms with van der Waals surface area (Å²) in [6.07, 6.45) is 5.90. The van der Waals surface area contributed by atoms with Gasteiger partial charge in [0.15, 0.2) is 5.82 Å². The van der Waals surface area contributed by atoms with E-state index in [0.29, 0.717) is 12.4 Å². The third-order valence-corrected chi connectivity index (χ3v) is 4.44. The molecule has 0 bridgehead atoms. The lowest BCUT2D eigenvalue weighted by molar-refractivity contribution is 0.291. The summed E-state index contributed by atoms with van der Waals surface area (Å²) in [5, 5.41) is 7.65. The van der Waals surface area contributed by atoms with Crippen molar-refractivity contribution in [3.63, 3.8) is 0 Å². The third kappa shape index (κ3) is 5.16. The first kappa shape index (κ1) is 17.1. The molecule has 1 fully saturated rings. The molecule has 6 heteroatoms. The van der Waals surface area contributed by atoms with E-state index in [2.05, 4.69) is 20.6 Å². The zero-order valence-corrected chi connectivity index (χ0v) is 14.4. The highest BCUT2D eigenvalue weighted by Gasteiger charge is 2.13. The molecule has 0 aliphatic carbocycles. The molecule has 1 aliphatic rings. The second kappa shape index (κ2) is 8.97. The van der Waals surface area contributed by atoms with Gasteiger partial charge in [-0.1, -0.05) is 11.6 Å². The van der Waals surface area contributed by atoms with Gasteiger partial charge in [0, 0.05) is 29.5 Å². The molecule has 5 nitrogen and oxygen atoms in total. The summed E-state index contributed by atoms with van der Waals surface area (Å²) in [5.74, 6) is 2.23. The first-order valence-electron chi connectivity index (χ1n) is 8.40. The van der Waals surface area contributed by atoms with Crippen molar-refractivity contribution in [2.75, 3.05) is 19.6 Å². The molecule has 1 aromatic carbocycles. The molecule has 0 spiro atoms. The van der Waals surface area contributed by atoms with E-state index in [-0.39, 0.29) is 0 Å². The molecular weight excluding hydrogens is 324 g/mol. The van der Waals surface area contributed by atoms with E-state index < -0.39 is 0 Å². The van der Waals surface area contributed by atoms with Crippen LogP contribution < -0.4 is 15.4 Å². The molecule has 1 aromatic heterocycles. The standard InChI is InChI=1S/C18H23ClN4O/c19-16-2-3-17(24-13-18-22-6-1-7-23-18)15(10-16)12-21-11-14-4-8-20-9-5-14/h1-3,6-7,10,14,20-21H,4-5,8-9,11-13H2. The summed E-state index contributed by atoms with van der Waals surface area (Å²) in [6, 6.07) is 7.51. The van der Waals surface area contributed by atoms with E-state index >= 15 is 0 Å². The fraction of sp³-hybridized carbons (Fsp3) is 0.444. The Bertz CT molecular complexity index is 632. The average molecular weight is 347 g/mol. The maximum atomic E-state index is 6.15. The van der Waals surface area contributed by atoms with Crippen LogP contribution >= 0.6 is 11.6 Å². The average Bonchev–Trinajstić information content (AvgIpc) is 2.63. The number of hydrogen-bond acceptors (Lipinski definition) is 5. The number of nitrogens with one attached hydrogen (secondary N) is 2. The molecule has 1 aliphatic heterocycles. The van der Waals surface area contributed by atoms with Crippen molar-refractivity contribution in [2.24, 2.45) is 5.92 Å². The summed E-state index contributed by atoms with van der Waals surface area (Å²) in [7, 11) is 0. The quantitative estimate of drug-likeness (QED) is 0.807. The lowest BCUT2D eigenvalue weighted by Gasteiger charge is -2.23. The van der Waals surface area contributed by atoms with Crippen LogP contribution in [-0.4, -0.2) is 29.6 Å². The van der Waals surface area contributed by atoms with E-state index in [4.69, 9.17) is 16.3 Å². The SMILES string of the molecule is Clc1ccc(OCc2ncccn2)c(CNCC2CCNCC2)c1. The first-order valence-corrected chi connectivity index (χ1v) is 8.77. The number of hydrogen-bond donors (Lipinski definition) is 2. The van der Waals surface area contributed by atoms with Crippen LogP contribution in [0.15, 0.2) is 36.7 Å². The summed E-state index contributed by atoms with van der Waals surface area (Å²) < 4.78 is 5.89. The van der Waals surface area contributed by atoms with Crippen LogP contribution in [0.4, 0.5) is 0 Å². The molecule has 2 heterocycles. The second-order valence-electron chi connectivity index (χ2n) is 6.03. The van der Waals surface area contributed by atoms with Gasteiger partial charge in [-0.3, -0.25) is 0 Å². The Labute approximate surface area is 147 Å². The molecule has 2 aromatic rings. The third-order valence-electron chi connectivity index (χ3n) is 4.21. The monoisotopic (exact) mass is 346 g/mol. The number of aromatic nitrogens is 2. The number of piperidine rings is 1. The highest BCUT2D eigenvalue weighted by molar-refractivity contribution is 6.30. The van der Waals surface area contributed by atoms with Crippen LogP contribution in [-0.2, 0) is 13.2 Å². The fourth-order valence-electron chi connectivity index (χ4n) is 2.87. The van der Waals surface area contributed by atoms with Crippen molar-refractivity contribution >= 4 is 11.6 Å². The van der Waals surface area contributed by atoms with Crippen LogP contribution in [0.2, 0.25) is 5.02 Å². The minimum Gasteiger partial charge on any atom is -0.485 e. The lowest BCUT2D eigenvalue weighted by atomic mass is 9.98. The summed E-state index contributed by atoms with van der Waals surface area (Å²) in [5.41, 5.74) is 1.06. The smallest absolute Gasteiger partial charge is 0.166 e.